The van der Waals surface area contributed by atoms with Crippen molar-refractivity contribution in [1.29, 1.82) is 0 Å². The van der Waals surface area contributed by atoms with Gasteiger partial charge < -0.3 is 8.98 Å². The van der Waals surface area contributed by atoms with E-state index in [1.54, 1.807) is 0 Å². The number of fused-ring (bicyclic) bond motifs is 7. The van der Waals surface area contributed by atoms with E-state index in [9.17, 15) is 0 Å². The lowest BCUT2D eigenvalue weighted by Gasteiger charge is -2.11. The van der Waals surface area contributed by atoms with E-state index in [2.05, 4.69) is 143 Å². The number of para-hydroxylation sites is 5. The van der Waals surface area contributed by atoms with Gasteiger partial charge in [0.05, 0.1) is 27.8 Å². The van der Waals surface area contributed by atoms with Crippen LogP contribution in [-0.2, 0) is 0 Å². The van der Waals surface area contributed by atoms with Crippen molar-refractivity contribution in [3.63, 3.8) is 0 Å². The minimum absolute atomic E-state index is 0.856. The molecular formula is C43H27N3O. The standard InChI is InChI=1S/C43H27N3O/c1-2-13-32(14-3-1)46-38-18-7-4-15-33(38)35-24-30(21-22-39(35)46)28-11-10-12-29(23-28)31-25-36-34-16-5-9-20-42(34)47-43(36)41(26-31)45-27-44-37-17-6-8-19-40(37)45/h1-27H. The van der Waals surface area contributed by atoms with Crippen LogP contribution in [0.4, 0.5) is 0 Å². The summed E-state index contributed by atoms with van der Waals surface area (Å²) >= 11 is 0. The van der Waals surface area contributed by atoms with Crippen LogP contribution in [0.15, 0.2) is 168 Å². The van der Waals surface area contributed by atoms with Crippen LogP contribution in [0.5, 0.6) is 0 Å². The molecule has 0 aliphatic rings. The van der Waals surface area contributed by atoms with E-state index in [1.165, 1.54) is 32.9 Å². The zero-order valence-corrected chi connectivity index (χ0v) is 25.3. The van der Waals surface area contributed by atoms with Crippen LogP contribution in [-0.4, -0.2) is 14.1 Å². The lowest BCUT2D eigenvalue weighted by atomic mass is 9.96. The molecule has 0 aliphatic heterocycles. The van der Waals surface area contributed by atoms with Crippen molar-refractivity contribution < 1.29 is 4.42 Å². The highest BCUT2D eigenvalue weighted by Crippen LogP contribution is 2.39. The van der Waals surface area contributed by atoms with Crippen molar-refractivity contribution in [2.75, 3.05) is 0 Å². The summed E-state index contributed by atoms with van der Waals surface area (Å²) in [7, 11) is 0. The third-order valence-electron chi connectivity index (χ3n) is 9.39. The monoisotopic (exact) mass is 601 g/mol. The Hall–Kier alpha value is -6.39. The largest absolute Gasteiger partial charge is 0.454 e. The Morgan fingerprint density at radius 3 is 2.02 bits per heavy atom. The maximum Gasteiger partial charge on any atom is 0.159 e. The molecule has 0 N–H and O–H groups in total. The molecule has 0 saturated carbocycles. The summed E-state index contributed by atoms with van der Waals surface area (Å²) in [6.07, 6.45) is 1.90. The fourth-order valence-corrected chi connectivity index (χ4v) is 7.19. The van der Waals surface area contributed by atoms with Gasteiger partial charge >= 0.3 is 0 Å². The van der Waals surface area contributed by atoms with Crippen molar-refractivity contribution in [2.24, 2.45) is 0 Å². The Kier molecular flexibility index (Phi) is 5.54. The van der Waals surface area contributed by atoms with Crippen LogP contribution in [0.3, 0.4) is 0 Å². The van der Waals surface area contributed by atoms with Crippen LogP contribution < -0.4 is 0 Å². The molecule has 0 amide bonds. The summed E-state index contributed by atoms with van der Waals surface area (Å²) < 4.78 is 11.0. The molecule has 0 fully saturated rings. The predicted octanol–water partition coefficient (Wildman–Crippen LogP) is 11.4. The Bertz CT molecular complexity index is 2800. The third kappa shape index (κ3) is 3.98. The fraction of sp³-hybridized carbons (Fsp3) is 0. The molecule has 0 bridgehead atoms. The van der Waals surface area contributed by atoms with Crippen LogP contribution >= 0.6 is 0 Å². The molecule has 0 aliphatic carbocycles. The number of nitrogens with zero attached hydrogens (tertiary/aromatic N) is 3. The second kappa shape index (κ2) is 10.1. The minimum Gasteiger partial charge on any atom is -0.454 e. The van der Waals surface area contributed by atoms with Crippen LogP contribution in [0.1, 0.15) is 0 Å². The van der Waals surface area contributed by atoms with Crippen molar-refractivity contribution >= 4 is 54.8 Å². The SMILES string of the molecule is c1ccc(-n2c3ccccc3c3cc(-c4cccc(-c5cc(-n6cnc7ccccc76)c6oc7ccccc7c6c5)c4)ccc32)cc1. The topological polar surface area (TPSA) is 35.9 Å². The van der Waals surface area contributed by atoms with E-state index < -0.39 is 0 Å². The maximum absolute atomic E-state index is 6.50. The van der Waals surface area contributed by atoms with E-state index in [0.717, 1.165) is 55.5 Å². The van der Waals surface area contributed by atoms with Gasteiger partial charge in [0, 0.05) is 27.2 Å². The number of rotatable bonds is 4. The molecule has 0 unspecified atom stereocenters. The number of hydrogen-bond acceptors (Lipinski definition) is 2. The number of benzene rings is 7. The van der Waals surface area contributed by atoms with Gasteiger partial charge in [0.15, 0.2) is 5.58 Å². The maximum atomic E-state index is 6.50. The Morgan fingerprint density at radius 2 is 1.13 bits per heavy atom. The molecule has 3 heterocycles. The summed E-state index contributed by atoms with van der Waals surface area (Å²) in [5.74, 6) is 0. The Morgan fingerprint density at radius 1 is 0.447 bits per heavy atom. The summed E-state index contributed by atoms with van der Waals surface area (Å²) in [5.41, 5.74) is 12.9. The first-order valence-corrected chi connectivity index (χ1v) is 15.9. The smallest absolute Gasteiger partial charge is 0.159 e. The van der Waals surface area contributed by atoms with E-state index in [1.807, 2.05) is 30.6 Å². The molecule has 220 valence electrons. The quantitative estimate of drug-likeness (QED) is 0.201. The summed E-state index contributed by atoms with van der Waals surface area (Å²) in [6.45, 7) is 0. The molecule has 0 atom stereocenters. The second-order valence-corrected chi connectivity index (χ2v) is 12.1. The average molecular weight is 602 g/mol. The van der Waals surface area contributed by atoms with Crippen molar-refractivity contribution in [3.05, 3.63) is 164 Å². The molecular weight excluding hydrogens is 574 g/mol. The molecule has 4 heteroatoms. The summed E-state index contributed by atoms with van der Waals surface area (Å²) in [6, 6.07) is 56.0. The molecule has 3 aromatic heterocycles. The molecule has 47 heavy (non-hydrogen) atoms. The van der Waals surface area contributed by atoms with Crippen LogP contribution in [0.25, 0.3) is 88.4 Å². The third-order valence-corrected chi connectivity index (χ3v) is 9.39. The van der Waals surface area contributed by atoms with Crippen LogP contribution in [0.2, 0.25) is 0 Å². The lowest BCUT2D eigenvalue weighted by Crippen LogP contribution is -1.94. The predicted molar refractivity (Wildman–Crippen MR) is 194 cm³/mol. The van der Waals surface area contributed by atoms with Gasteiger partial charge in [-0.3, -0.25) is 4.57 Å². The van der Waals surface area contributed by atoms with Gasteiger partial charge in [-0.05, 0) is 89.0 Å². The average Bonchev–Trinajstić information content (AvgIpc) is 3.83. The van der Waals surface area contributed by atoms with Gasteiger partial charge in [-0.25, -0.2) is 4.98 Å². The van der Waals surface area contributed by atoms with Crippen molar-refractivity contribution in [3.8, 4) is 33.6 Å². The molecule has 10 rings (SSSR count). The van der Waals surface area contributed by atoms with Gasteiger partial charge in [0.1, 0.15) is 11.9 Å². The molecule has 0 spiro atoms. The zero-order chi connectivity index (χ0) is 30.9. The Labute approximate surface area is 270 Å². The Balaban J connectivity index is 1.16. The van der Waals surface area contributed by atoms with E-state index in [4.69, 9.17) is 9.40 Å². The van der Waals surface area contributed by atoms with Gasteiger partial charge in [-0.2, -0.15) is 0 Å². The molecule has 0 saturated heterocycles. The number of imidazole rings is 1. The highest BCUT2D eigenvalue weighted by molar-refractivity contribution is 6.11. The van der Waals surface area contributed by atoms with Gasteiger partial charge in [-0.15, -0.1) is 0 Å². The first kappa shape index (κ1) is 25.9. The van der Waals surface area contributed by atoms with Crippen molar-refractivity contribution in [2.45, 2.75) is 0 Å². The van der Waals surface area contributed by atoms with E-state index in [-0.39, 0.29) is 0 Å². The van der Waals surface area contributed by atoms with Crippen LogP contribution in [0, 0.1) is 0 Å². The number of furan rings is 1. The molecule has 10 aromatic rings. The lowest BCUT2D eigenvalue weighted by molar-refractivity contribution is 0.666. The number of hydrogen-bond donors (Lipinski definition) is 0. The minimum atomic E-state index is 0.856. The van der Waals surface area contributed by atoms with Gasteiger partial charge in [0.25, 0.3) is 0 Å². The number of aromatic nitrogens is 3. The van der Waals surface area contributed by atoms with E-state index in [0.29, 0.717) is 0 Å². The highest BCUT2D eigenvalue weighted by atomic mass is 16.3. The van der Waals surface area contributed by atoms with Gasteiger partial charge in [0.2, 0.25) is 0 Å². The first-order valence-electron chi connectivity index (χ1n) is 15.9. The molecule has 7 aromatic carbocycles. The second-order valence-electron chi connectivity index (χ2n) is 12.1. The van der Waals surface area contributed by atoms with Gasteiger partial charge in [-0.1, -0.05) is 91.0 Å². The fourth-order valence-electron chi connectivity index (χ4n) is 7.19. The summed E-state index contributed by atoms with van der Waals surface area (Å²) in [4.78, 5) is 4.70. The summed E-state index contributed by atoms with van der Waals surface area (Å²) in [5, 5.41) is 4.68. The zero-order valence-electron chi connectivity index (χ0n) is 25.3. The highest BCUT2D eigenvalue weighted by Gasteiger charge is 2.18. The first-order chi connectivity index (χ1) is 23.3. The normalized spacial score (nSPS) is 11.8. The van der Waals surface area contributed by atoms with E-state index >= 15 is 0 Å². The van der Waals surface area contributed by atoms with Crippen molar-refractivity contribution in [1.82, 2.24) is 14.1 Å². The molecule has 4 nitrogen and oxygen atoms in total. The molecule has 0 radical (unpaired) electrons.